The molecule has 2 aromatic rings. The third kappa shape index (κ3) is 2.91. The molecule has 0 bridgehead atoms. The Bertz CT molecular complexity index is 626. The van der Waals surface area contributed by atoms with Gasteiger partial charge in [0.05, 0.1) is 5.02 Å². The van der Waals surface area contributed by atoms with Gasteiger partial charge in [-0.15, -0.1) is 0 Å². The van der Waals surface area contributed by atoms with Gasteiger partial charge in [-0.25, -0.2) is 4.39 Å². The number of amidine groups is 1. The Labute approximate surface area is 122 Å². The lowest BCUT2D eigenvalue weighted by atomic mass is 10.1. The zero-order chi connectivity index (χ0) is 14.7. The van der Waals surface area contributed by atoms with Crippen LogP contribution < -0.4 is 10.6 Å². The quantitative estimate of drug-likeness (QED) is 0.662. The average Bonchev–Trinajstić information content (AvgIpc) is 2.41. The number of hydrogen-bond donors (Lipinski definition) is 2. The van der Waals surface area contributed by atoms with Crippen LogP contribution in [0.2, 0.25) is 5.02 Å². The van der Waals surface area contributed by atoms with Crippen LogP contribution in [0.3, 0.4) is 0 Å². The van der Waals surface area contributed by atoms with Gasteiger partial charge in [-0.1, -0.05) is 11.6 Å². The number of nitrogens with zero attached hydrogens (tertiary/aromatic N) is 1. The van der Waals surface area contributed by atoms with Gasteiger partial charge in [-0.05, 0) is 49.4 Å². The average molecular weight is 292 g/mol. The van der Waals surface area contributed by atoms with Gasteiger partial charge in [0.2, 0.25) is 0 Å². The highest BCUT2D eigenvalue weighted by molar-refractivity contribution is 6.34. The van der Waals surface area contributed by atoms with E-state index in [2.05, 4.69) is 0 Å². The SMILES string of the molecule is CCN(c1ccc(F)cc1)c1ccc(C(=N)N)c(Cl)c1. The summed E-state index contributed by atoms with van der Waals surface area (Å²) in [5, 5.41) is 7.85. The molecule has 2 aromatic carbocycles. The van der Waals surface area contributed by atoms with Crippen molar-refractivity contribution in [3.05, 3.63) is 58.9 Å². The number of anilines is 2. The maximum absolute atomic E-state index is 13.0. The molecule has 5 heteroatoms. The van der Waals surface area contributed by atoms with Crippen LogP contribution in [-0.4, -0.2) is 12.4 Å². The Morgan fingerprint density at radius 2 is 1.80 bits per heavy atom. The van der Waals surface area contributed by atoms with Crippen molar-refractivity contribution in [2.24, 2.45) is 5.73 Å². The number of nitrogen functional groups attached to an aromatic ring is 1. The molecule has 104 valence electrons. The van der Waals surface area contributed by atoms with Crippen molar-refractivity contribution in [3.63, 3.8) is 0 Å². The summed E-state index contributed by atoms with van der Waals surface area (Å²) in [5.41, 5.74) is 7.69. The topological polar surface area (TPSA) is 53.1 Å². The smallest absolute Gasteiger partial charge is 0.124 e. The number of halogens is 2. The Morgan fingerprint density at radius 3 is 2.30 bits per heavy atom. The summed E-state index contributed by atoms with van der Waals surface area (Å²) in [6, 6.07) is 11.6. The summed E-state index contributed by atoms with van der Waals surface area (Å²) >= 11 is 6.13. The summed E-state index contributed by atoms with van der Waals surface area (Å²) in [6.07, 6.45) is 0. The lowest BCUT2D eigenvalue weighted by Crippen LogP contribution is -2.17. The van der Waals surface area contributed by atoms with Crippen molar-refractivity contribution in [2.75, 3.05) is 11.4 Å². The van der Waals surface area contributed by atoms with Crippen molar-refractivity contribution in [1.82, 2.24) is 0 Å². The van der Waals surface area contributed by atoms with Crippen molar-refractivity contribution in [1.29, 1.82) is 5.41 Å². The largest absolute Gasteiger partial charge is 0.384 e. The molecule has 0 saturated carbocycles. The Kier molecular flexibility index (Phi) is 4.25. The Hall–Kier alpha value is -2.07. The van der Waals surface area contributed by atoms with Crippen molar-refractivity contribution < 1.29 is 4.39 Å². The standard InChI is InChI=1S/C15H15ClFN3/c1-2-20(11-5-3-10(17)4-6-11)12-7-8-13(15(18)19)14(16)9-12/h3-9H,2H2,1H3,(H3,18,19). The van der Waals surface area contributed by atoms with Crippen LogP contribution in [0, 0.1) is 11.2 Å². The highest BCUT2D eigenvalue weighted by Gasteiger charge is 2.11. The van der Waals surface area contributed by atoms with Crippen LogP contribution in [0.1, 0.15) is 12.5 Å². The molecule has 0 heterocycles. The maximum Gasteiger partial charge on any atom is 0.124 e. The third-order valence-electron chi connectivity index (χ3n) is 3.01. The van der Waals surface area contributed by atoms with Crippen LogP contribution in [0.5, 0.6) is 0 Å². The van der Waals surface area contributed by atoms with E-state index in [1.807, 2.05) is 17.9 Å². The summed E-state index contributed by atoms with van der Waals surface area (Å²) < 4.78 is 13.0. The second-order valence-electron chi connectivity index (χ2n) is 4.30. The minimum Gasteiger partial charge on any atom is -0.384 e. The van der Waals surface area contributed by atoms with Gasteiger partial charge in [0.1, 0.15) is 11.7 Å². The van der Waals surface area contributed by atoms with E-state index in [9.17, 15) is 4.39 Å². The van der Waals surface area contributed by atoms with Crippen LogP contribution in [0.4, 0.5) is 15.8 Å². The lowest BCUT2D eigenvalue weighted by Gasteiger charge is -2.24. The van der Waals surface area contributed by atoms with Gasteiger partial charge in [-0.2, -0.15) is 0 Å². The fourth-order valence-corrected chi connectivity index (χ4v) is 2.30. The fourth-order valence-electron chi connectivity index (χ4n) is 2.03. The van der Waals surface area contributed by atoms with Crippen molar-refractivity contribution in [3.8, 4) is 0 Å². The molecule has 0 aliphatic rings. The number of nitrogens with one attached hydrogen (secondary N) is 1. The van der Waals surface area contributed by atoms with Gasteiger partial charge < -0.3 is 10.6 Å². The molecule has 2 rings (SSSR count). The van der Waals surface area contributed by atoms with E-state index in [1.54, 1.807) is 24.3 Å². The van der Waals surface area contributed by atoms with E-state index in [0.29, 0.717) is 17.1 Å². The molecule has 3 N–H and O–H groups in total. The van der Waals surface area contributed by atoms with E-state index in [-0.39, 0.29) is 11.7 Å². The van der Waals surface area contributed by atoms with Gasteiger partial charge >= 0.3 is 0 Å². The highest BCUT2D eigenvalue weighted by Crippen LogP contribution is 2.29. The van der Waals surface area contributed by atoms with E-state index >= 15 is 0 Å². The summed E-state index contributed by atoms with van der Waals surface area (Å²) in [7, 11) is 0. The molecule has 20 heavy (non-hydrogen) atoms. The van der Waals surface area contributed by atoms with E-state index in [4.69, 9.17) is 22.7 Å². The number of benzene rings is 2. The van der Waals surface area contributed by atoms with E-state index in [0.717, 1.165) is 11.4 Å². The second kappa shape index (κ2) is 5.92. The molecule has 0 unspecified atom stereocenters. The molecule has 0 amide bonds. The first-order chi connectivity index (χ1) is 9.52. The third-order valence-corrected chi connectivity index (χ3v) is 3.32. The Balaban J connectivity index is 2.39. The fraction of sp³-hybridized carbons (Fsp3) is 0.133. The molecule has 0 aliphatic heterocycles. The Morgan fingerprint density at radius 1 is 1.20 bits per heavy atom. The lowest BCUT2D eigenvalue weighted by molar-refractivity contribution is 0.628. The first-order valence-corrected chi connectivity index (χ1v) is 6.57. The van der Waals surface area contributed by atoms with Gasteiger partial charge in [0, 0.05) is 23.5 Å². The van der Waals surface area contributed by atoms with Crippen molar-refractivity contribution >= 4 is 28.8 Å². The molecular weight excluding hydrogens is 277 g/mol. The molecule has 0 aromatic heterocycles. The predicted octanol–water partition coefficient (Wildman–Crippen LogP) is 3.92. The van der Waals surface area contributed by atoms with E-state index in [1.165, 1.54) is 12.1 Å². The second-order valence-corrected chi connectivity index (χ2v) is 4.71. The zero-order valence-electron chi connectivity index (χ0n) is 11.0. The summed E-state index contributed by atoms with van der Waals surface area (Å²) in [6.45, 7) is 2.71. The molecule has 0 aliphatic carbocycles. The molecule has 0 saturated heterocycles. The zero-order valence-corrected chi connectivity index (χ0v) is 11.8. The molecule has 0 atom stereocenters. The van der Waals surface area contributed by atoms with Crippen LogP contribution >= 0.6 is 11.6 Å². The number of nitrogens with two attached hydrogens (primary N) is 1. The van der Waals surface area contributed by atoms with Gasteiger partial charge in [-0.3, -0.25) is 5.41 Å². The summed E-state index contributed by atoms with van der Waals surface area (Å²) in [5.74, 6) is -0.332. The molecule has 0 fully saturated rings. The van der Waals surface area contributed by atoms with Gasteiger partial charge in [0.15, 0.2) is 0 Å². The molecule has 0 radical (unpaired) electrons. The number of hydrogen-bond acceptors (Lipinski definition) is 2. The minimum atomic E-state index is -0.269. The van der Waals surface area contributed by atoms with Crippen LogP contribution in [-0.2, 0) is 0 Å². The summed E-state index contributed by atoms with van der Waals surface area (Å²) in [4.78, 5) is 2.00. The first-order valence-electron chi connectivity index (χ1n) is 6.20. The minimum absolute atomic E-state index is 0.0635. The monoisotopic (exact) mass is 291 g/mol. The number of rotatable bonds is 4. The molecule has 0 spiro atoms. The first kappa shape index (κ1) is 14.3. The van der Waals surface area contributed by atoms with E-state index < -0.39 is 0 Å². The maximum atomic E-state index is 13.0. The van der Waals surface area contributed by atoms with Crippen molar-refractivity contribution in [2.45, 2.75) is 6.92 Å². The molecular formula is C15H15ClFN3. The van der Waals surface area contributed by atoms with Crippen LogP contribution in [0.15, 0.2) is 42.5 Å². The molecule has 3 nitrogen and oxygen atoms in total. The predicted molar refractivity (Wildman–Crippen MR) is 81.5 cm³/mol. The highest BCUT2D eigenvalue weighted by atomic mass is 35.5. The van der Waals surface area contributed by atoms with Crippen LogP contribution in [0.25, 0.3) is 0 Å². The van der Waals surface area contributed by atoms with Gasteiger partial charge in [0.25, 0.3) is 0 Å². The normalized spacial score (nSPS) is 10.3.